The molecule has 4 heteroatoms. The van der Waals surface area contributed by atoms with E-state index in [0.29, 0.717) is 25.8 Å². The normalized spacial score (nSPS) is 23.5. The summed E-state index contributed by atoms with van der Waals surface area (Å²) in [6.45, 7) is 9.42. The molecule has 0 saturated carbocycles. The lowest BCUT2D eigenvalue weighted by molar-refractivity contribution is 0.0222. The molecule has 1 N–H and O–H groups in total. The van der Waals surface area contributed by atoms with Crippen molar-refractivity contribution in [3.05, 3.63) is 0 Å². The average molecular weight is 244 g/mol. The number of aliphatic hydroxyl groups excluding tert-OH is 1. The average Bonchev–Trinajstić information content (AvgIpc) is 2.73. The quantitative estimate of drug-likeness (QED) is 0.685. The van der Waals surface area contributed by atoms with Crippen molar-refractivity contribution >= 4 is 0 Å². The van der Waals surface area contributed by atoms with Crippen LogP contribution in [0.25, 0.3) is 0 Å². The van der Waals surface area contributed by atoms with Crippen molar-refractivity contribution in [2.45, 2.75) is 38.8 Å². The lowest BCUT2D eigenvalue weighted by Crippen LogP contribution is -2.42. The molecule has 1 heterocycles. The van der Waals surface area contributed by atoms with Crippen molar-refractivity contribution in [2.24, 2.45) is 0 Å². The standard InChI is InChI=1S/C13H28N2O2/c1-4-15-8-6-7-12(15)9-14(3)10-13(16)11-17-5-2/h12-13,16H,4-11H2,1-3H3. The molecule has 0 bridgehead atoms. The summed E-state index contributed by atoms with van der Waals surface area (Å²) in [7, 11) is 2.08. The van der Waals surface area contributed by atoms with E-state index >= 15 is 0 Å². The summed E-state index contributed by atoms with van der Waals surface area (Å²) in [6.07, 6.45) is 2.24. The molecule has 17 heavy (non-hydrogen) atoms. The Kier molecular flexibility index (Phi) is 7.04. The maximum absolute atomic E-state index is 9.77. The number of hydrogen-bond donors (Lipinski definition) is 1. The second kappa shape index (κ2) is 8.03. The topological polar surface area (TPSA) is 35.9 Å². The van der Waals surface area contributed by atoms with Gasteiger partial charge in [-0.3, -0.25) is 4.90 Å². The number of nitrogens with zero attached hydrogens (tertiary/aromatic N) is 2. The van der Waals surface area contributed by atoms with Gasteiger partial charge in [-0.2, -0.15) is 0 Å². The van der Waals surface area contributed by atoms with E-state index < -0.39 is 0 Å². The summed E-state index contributed by atoms with van der Waals surface area (Å²) in [5.74, 6) is 0. The summed E-state index contributed by atoms with van der Waals surface area (Å²) < 4.78 is 5.22. The third-order valence-electron chi connectivity index (χ3n) is 3.46. The highest BCUT2D eigenvalue weighted by Crippen LogP contribution is 2.17. The molecule has 4 nitrogen and oxygen atoms in total. The zero-order valence-corrected chi connectivity index (χ0v) is 11.6. The number of likely N-dealkylation sites (N-methyl/N-ethyl adjacent to an activating group) is 2. The van der Waals surface area contributed by atoms with Crippen molar-refractivity contribution in [3.63, 3.8) is 0 Å². The maximum Gasteiger partial charge on any atom is 0.0900 e. The fourth-order valence-electron chi connectivity index (χ4n) is 2.62. The molecule has 0 amide bonds. The molecule has 0 radical (unpaired) electrons. The number of aliphatic hydroxyl groups is 1. The Morgan fingerprint density at radius 2 is 2.24 bits per heavy atom. The summed E-state index contributed by atoms with van der Waals surface area (Å²) in [5.41, 5.74) is 0. The highest BCUT2D eigenvalue weighted by molar-refractivity contribution is 4.81. The van der Waals surface area contributed by atoms with Gasteiger partial charge in [0.05, 0.1) is 12.7 Å². The number of ether oxygens (including phenoxy) is 1. The summed E-state index contributed by atoms with van der Waals surface area (Å²) in [5, 5.41) is 9.77. The number of rotatable bonds is 8. The molecule has 0 aliphatic carbocycles. The predicted molar refractivity (Wildman–Crippen MR) is 70.3 cm³/mol. The van der Waals surface area contributed by atoms with E-state index in [1.807, 2.05) is 6.92 Å². The molecule has 0 aromatic heterocycles. The van der Waals surface area contributed by atoms with Gasteiger partial charge >= 0.3 is 0 Å². The van der Waals surface area contributed by atoms with E-state index in [1.165, 1.54) is 19.4 Å². The molecule has 1 aliphatic heterocycles. The van der Waals surface area contributed by atoms with Crippen LogP contribution in [0, 0.1) is 0 Å². The summed E-state index contributed by atoms with van der Waals surface area (Å²) in [6, 6.07) is 0.671. The van der Waals surface area contributed by atoms with E-state index in [2.05, 4.69) is 23.8 Å². The largest absolute Gasteiger partial charge is 0.389 e. The summed E-state index contributed by atoms with van der Waals surface area (Å²) >= 11 is 0. The first-order valence-corrected chi connectivity index (χ1v) is 6.85. The first-order chi connectivity index (χ1) is 8.17. The molecule has 1 rings (SSSR count). The maximum atomic E-state index is 9.77. The molecular formula is C13H28N2O2. The SMILES string of the molecule is CCOCC(O)CN(C)CC1CCCN1CC. The Bertz CT molecular complexity index is 202. The molecule has 0 aromatic rings. The van der Waals surface area contributed by atoms with Crippen molar-refractivity contribution in [2.75, 3.05) is 46.4 Å². The van der Waals surface area contributed by atoms with E-state index in [-0.39, 0.29) is 6.10 Å². The fourth-order valence-corrected chi connectivity index (χ4v) is 2.62. The van der Waals surface area contributed by atoms with Gasteiger partial charge in [-0.25, -0.2) is 0 Å². The first kappa shape index (κ1) is 14.9. The van der Waals surface area contributed by atoms with Crippen LogP contribution in [0.4, 0.5) is 0 Å². The van der Waals surface area contributed by atoms with Crippen LogP contribution < -0.4 is 0 Å². The Morgan fingerprint density at radius 3 is 2.88 bits per heavy atom. The molecule has 1 aliphatic rings. The number of hydrogen-bond acceptors (Lipinski definition) is 4. The molecule has 102 valence electrons. The Balaban J connectivity index is 2.21. The predicted octanol–water partition coefficient (Wildman–Crippen LogP) is 0.800. The van der Waals surface area contributed by atoms with Gasteiger partial charge in [0, 0.05) is 25.7 Å². The monoisotopic (exact) mass is 244 g/mol. The molecular weight excluding hydrogens is 216 g/mol. The van der Waals surface area contributed by atoms with E-state index in [9.17, 15) is 5.11 Å². The Labute approximate surface area is 106 Å². The molecule has 2 unspecified atom stereocenters. The fraction of sp³-hybridized carbons (Fsp3) is 1.00. The van der Waals surface area contributed by atoms with Crippen LogP contribution in [-0.4, -0.2) is 73.5 Å². The van der Waals surface area contributed by atoms with Crippen LogP contribution in [0.2, 0.25) is 0 Å². The smallest absolute Gasteiger partial charge is 0.0900 e. The minimum absolute atomic E-state index is 0.364. The van der Waals surface area contributed by atoms with Gasteiger partial charge in [-0.1, -0.05) is 6.92 Å². The van der Waals surface area contributed by atoms with Crippen LogP contribution in [0.5, 0.6) is 0 Å². The lowest BCUT2D eigenvalue weighted by atomic mass is 10.2. The first-order valence-electron chi connectivity index (χ1n) is 6.85. The van der Waals surface area contributed by atoms with Crippen molar-refractivity contribution in [1.82, 2.24) is 9.80 Å². The van der Waals surface area contributed by atoms with Gasteiger partial charge in [0.2, 0.25) is 0 Å². The second-order valence-corrected chi connectivity index (χ2v) is 4.96. The minimum atomic E-state index is -0.364. The zero-order valence-electron chi connectivity index (χ0n) is 11.6. The molecule has 0 spiro atoms. The van der Waals surface area contributed by atoms with Gasteiger partial charge in [0.15, 0.2) is 0 Å². The van der Waals surface area contributed by atoms with Crippen LogP contribution >= 0.6 is 0 Å². The third-order valence-corrected chi connectivity index (χ3v) is 3.46. The van der Waals surface area contributed by atoms with Crippen molar-refractivity contribution in [1.29, 1.82) is 0 Å². The molecule has 1 saturated heterocycles. The van der Waals surface area contributed by atoms with E-state index in [4.69, 9.17) is 4.74 Å². The van der Waals surface area contributed by atoms with E-state index in [0.717, 1.165) is 13.1 Å². The van der Waals surface area contributed by atoms with Crippen LogP contribution in [0.15, 0.2) is 0 Å². The lowest BCUT2D eigenvalue weighted by Gasteiger charge is -2.28. The highest BCUT2D eigenvalue weighted by atomic mass is 16.5. The Morgan fingerprint density at radius 1 is 1.47 bits per heavy atom. The highest BCUT2D eigenvalue weighted by Gasteiger charge is 2.24. The van der Waals surface area contributed by atoms with Crippen molar-refractivity contribution in [3.8, 4) is 0 Å². The summed E-state index contributed by atoms with van der Waals surface area (Å²) in [4.78, 5) is 4.76. The number of likely N-dealkylation sites (tertiary alicyclic amines) is 1. The van der Waals surface area contributed by atoms with E-state index in [1.54, 1.807) is 0 Å². The van der Waals surface area contributed by atoms with Crippen LogP contribution in [0.1, 0.15) is 26.7 Å². The minimum Gasteiger partial charge on any atom is -0.389 e. The van der Waals surface area contributed by atoms with Crippen LogP contribution in [-0.2, 0) is 4.74 Å². The van der Waals surface area contributed by atoms with Gasteiger partial charge in [0.1, 0.15) is 0 Å². The molecule has 2 atom stereocenters. The third kappa shape index (κ3) is 5.34. The van der Waals surface area contributed by atoms with Crippen molar-refractivity contribution < 1.29 is 9.84 Å². The zero-order chi connectivity index (χ0) is 12.7. The van der Waals surface area contributed by atoms with Gasteiger partial charge in [0.25, 0.3) is 0 Å². The van der Waals surface area contributed by atoms with Crippen LogP contribution in [0.3, 0.4) is 0 Å². The Hall–Kier alpha value is -0.160. The van der Waals surface area contributed by atoms with Gasteiger partial charge in [-0.15, -0.1) is 0 Å². The second-order valence-electron chi connectivity index (χ2n) is 4.96. The molecule has 0 aromatic carbocycles. The van der Waals surface area contributed by atoms with Gasteiger partial charge in [-0.05, 0) is 39.9 Å². The van der Waals surface area contributed by atoms with Gasteiger partial charge < -0.3 is 14.7 Å². The molecule has 1 fully saturated rings.